The number of carbonyl (C=O) groups is 2. The van der Waals surface area contributed by atoms with Gasteiger partial charge in [-0.3, -0.25) is 14.6 Å². The van der Waals surface area contributed by atoms with E-state index in [0.29, 0.717) is 23.0 Å². The molecule has 0 spiro atoms. The zero-order valence-electron chi connectivity index (χ0n) is 15.8. The van der Waals surface area contributed by atoms with Crippen LogP contribution in [-0.4, -0.2) is 40.8 Å². The van der Waals surface area contributed by atoms with Gasteiger partial charge in [0.05, 0.1) is 11.5 Å². The molecule has 2 amide bonds. The predicted molar refractivity (Wildman–Crippen MR) is 107 cm³/mol. The van der Waals surface area contributed by atoms with Crippen molar-refractivity contribution in [2.45, 2.75) is 32.7 Å². The van der Waals surface area contributed by atoms with Gasteiger partial charge in [-0.25, -0.2) is 0 Å². The lowest BCUT2D eigenvalue weighted by molar-refractivity contribution is -0.121. The number of aromatic nitrogens is 1. The van der Waals surface area contributed by atoms with E-state index in [-0.39, 0.29) is 17.7 Å². The Kier molecular flexibility index (Phi) is 6.19. The van der Waals surface area contributed by atoms with Crippen molar-refractivity contribution in [1.29, 1.82) is 0 Å². The second-order valence-electron chi connectivity index (χ2n) is 7.19. The number of pyridine rings is 1. The highest BCUT2D eigenvalue weighted by Gasteiger charge is 2.27. The molecule has 1 unspecified atom stereocenters. The lowest BCUT2D eigenvalue weighted by Gasteiger charge is -2.34. The third-order valence-electron chi connectivity index (χ3n) is 4.87. The maximum atomic E-state index is 12.7. The quantitative estimate of drug-likeness (QED) is 0.851. The summed E-state index contributed by atoms with van der Waals surface area (Å²) in [6, 6.07) is 11.1. The summed E-state index contributed by atoms with van der Waals surface area (Å²) in [5, 5.41) is 5.83. The summed E-state index contributed by atoms with van der Waals surface area (Å²) < 4.78 is 0. The molecule has 27 heavy (non-hydrogen) atoms. The Labute approximate surface area is 160 Å². The van der Waals surface area contributed by atoms with E-state index in [1.165, 1.54) is 6.20 Å². The number of hydrogen-bond acceptors (Lipinski definition) is 4. The molecule has 2 N–H and O–H groups in total. The third-order valence-corrected chi connectivity index (χ3v) is 4.87. The van der Waals surface area contributed by atoms with Crippen molar-refractivity contribution >= 4 is 23.2 Å². The van der Waals surface area contributed by atoms with Gasteiger partial charge in [-0.2, -0.15) is 0 Å². The van der Waals surface area contributed by atoms with Crippen LogP contribution in [0.5, 0.6) is 0 Å². The minimum absolute atomic E-state index is 0.00482. The zero-order chi connectivity index (χ0) is 19.2. The molecular weight excluding hydrogens is 340 g/mol. The average molecular weight is 366 g/mol. The van der Waals surface area contributed by atoms with Crippen LogP contribution in [0.15, 0.2) is 48.8 Å². The predicted octanol–water partition coefficient (Wildman–Crippen LogP) is 3.39. The van der Waals surface area contributed by atoms with Gasteiger partial charge in [0, 0.05) is 36.4 Å². The lowest BCUT2D eigenvalue weighted by Crippen LogP contribution is -2.43. The highest BCUT2D eigenvalue weighted by Crippen LogP contribution is 2.22. The number of nitrogens with zero attached hydrogens (tertiary/aromatic N) is 2. The van der Waals surface area contributed by atoms with E-state index in [9.17, 15) is 9.59 Å². The molecule has 2 heterocycles. The molecule has 1 fully saturated rings. The monoisotopic (exact) mass is 366 g/mol. The molecule has 0 aliphatic carbocycles. The van der Waals surface area contributed by atoms with Crippen LogP contribution in [0.4, 0.5) is 11.4 Å². The van der Waals surface area contributed by atoms with Gasteiger partial charge in [-0.15, -0.1) is 0 Å². The fourth-order valence-electron chi connectivity index (χ4n) is 3.31. The number of likely N-dealkylation sites (tertiary alicyclic amines) is 1. The molecule has 1 saturated heterocycles. The first-order chi connectivity index (χ1) is 13.0. The molecule has 1 atom stereocenters. The third kappa shape index (κ3) is 5.14. The van der Waals surface area contributed by atoms with Crippen molar-refractivity contribution in [2.24, 2.45) is 5.92 Å². The molecule has 0 bridgehead atoms. The molecule has 2 aromatic rings. The first-order valence-electron chi connectivity index (χ1n) is 9.39. The summed E-state index contributed by atoms with van der Waals surface area (Å²) in [5.41, 5.74) is 1.81. The maximum absolute atomic E-state index is 12.7. The van der Waals surface area contributed by atoms with Crippen molar-refractivity contribution in [3.05, 3.63) is 54.4 Å². The Hall–Kier alpha value is -2.73. The second kappa shape index (κ2) is 8.77. The highest BCUT2D eigenvalue weighted by molar-refractivity contribution is 6.04. The largest absolute Gasteiger partial charge is 0.326 e. The van der Waals surface area contributed by atoms with Gasteiger partial charge >= 0.3 is 0 Å². The van der Waals surface area contributed by atoms with Crippen LogP contribution < -0.4 is 10.6 Å². The summed E-state index contributed by atoms with van der Waals surface area (Å²) in [6.07, 6.45) is 5.09. The second-order valence-corrected chi connectivity index (χ2v) is 7.19. The topological polar surface area (TPSA) is 74.3 Å². The summed E-state index contributed by atoms with van der Waals surface area (Å²) in [7, 11) is 0. The number of rotatable bonds is 5. The molecule has 6 heteroatoms. The van der Waals surface area contributed by atoms with Gasteiger partial charge < -0.3 is 15.5 Å². The first-order valence-corrected chi connectivity index (χ1v) is 9.39. The number of hydrogen-bond donors (Lipinski definition) is 2. The van der Waals surface area contributed by atoms with E-state index in [1.54, 1.807) is 30.5 Å². The van der Waals surface area contributed by atoms with Crippen LogP contribution >= 0.6 is 0 Å². The van der Waals surface area contributed by atoms with Gasteiger partial charge in [-0.1, -0.05) is 6.07 Å². The van der Waals surface area contributed by atoms with Gasteiger partial charge in [0.2, 0.25) is 5.91 Å². The van der Waals surface area contributed by atoms with Gasteiger partial charge in [0.1, 0.15) is 0 Å². The number of carbonyl (C=O) groups excluding carboxylic acids is 2. The molecular formula is C21H26N4O2. The van der Waals surface area contributed by atoms with E-state index >= 15 is 0 Å². The summed E-state index contributed by atoms with van der Waals surface area (Å²) >= 11 is 0. The molecule has 1 aliphatic rings. The fraction of sp³-hybridized carbons (Fsp3) is 0.381. The Morgan fingerprint density at radius 2 is 1.93 bits per heavy atom. The van der Waals surface area contributed by atoms with Crippen LogP contribution in [0, 0.1) is 5.92 Å². The number of nitrogens with one attached hydrogen (secondary N) is 2. The Morgan fingerprint density at radius 1 is 1.15 bits per heavy atom. The van der Waals surface area contributed by atoms with Crippen LogP contribution in [0.2, 0.25) is 0 Å². The fourth-order valence-corrected chi connectivity index (χ4v) is 3.31. The maximum Gasteiger partial charge on any atom is 0.257 e. The van der Waals surface area contributed by atoms with Crippen molar-refractivity contribution < 1.29 is 9.59 Å². The Morgan fingerprint density at radius 3 is 2.63 bits per heavy atom. The number of anilines is 2. The van der Waals surface area contributed by atoms with E-state index in [0.717, 1.165) is 25.9 Å². The summed E-state index contributed by atoms with van der Waals surface area (Å²) in [5.74, 6) is -0.197. The van der Waals surface area contributed by atoms with Crippen LogP contribution in [0.3, 0.4) is 0 Å². The smallest absolute Gasteiger partial charge is 0.257 e. The van der Waals surface area contributed by atoms with Crippen molar-refractivity contribution in [3.63, 3.8) is 0 Å². The van der Waals surface area contributed by atoms with Gasteiger partial charge in [0.15, 0.2) is 0 Å². The zero-order valence-corrected chi connectivity index (χ0v) is 15.8. The minimum atomic E-state index is -0.230. The molecule has 0 saturated carbocycles. The summed E-state index contributed by atoms with van der Waals surface area (Å²) in [6.45, 7) is 6.17. The van der Waals surface area contributed by atoms with E-state index in [2.05, 4.69) is 34.4 Å². The van der Waals surface area contributed by atoms with Gasteiger partial charge in [0.25, 0.3) is 5.91 Å². The molecule has 1 aromatic carbocycles. The Bertz CT molecular complexity index is 792. The molecule has 1 aliphatic heterocycles. The molecule has 142 valence electrons. The standard InChI is InChI=1S/C21H26N4O2/c1-15(2)25-11-5-7-17(14-25)21(27)24-19-9-3-8-18(12-19)23-20(26)16-6-4-10-22-13-16/h3-4,6,8-10,12-13,15,17H,5,7,11,14H2,1-2H3,(H,23,26)(H,24,27). The van der Waals surface area contributed by atoms with E-state index in [4.69, 9.17) is 0 Å². The summed E-state index contributed by atoms with van der Waals surface area (Å²) in [4.78, 5) is 31.2. The molecule has 1 aromatic heterocycles. The lowest BCUT2D eigenvalue weighted by atomic mass is 9.96. The van der Waals surface area contributed by atoms with E-state index < -0.39 is 0 Å². The number of amides is 2. The van der Waals surface area contributed by atoms with Crippen molar-refractivity contribution in [2.75, 3.05) is 23.7 Å². The molecule has 6 nitrogen and oxygen atoms in total. The first kappa shape index (κ1) is 19.0. The average Bonchev–Trinajstić information content (AvgIpc) is 2.69. The molecule has 3 rings (SSSR count). The minimum Gasteiger partial charge on any atom is -0.326 e. The van der Waals surface area contributed by atoms with Crippen LogP contribution in [-0.2, 0) is 4.79 Å². The SMILES string of the molecule is CC(C)N1CCCC(C(=O)Nc2cccc(NC(=O)c3cccnc3)c2)C1. The van der Waals surface area contributed by atoms with E-state index in [1.807, 2.05) is 12.1 Å². The van der Waals surface area contributed by atoms with Crippen molar-refractivity contribution in [1.82, 2.24) is 9.88 Å². The Balaban J connectivity index is 1.62. The normalized spacial score (nSPS) is 17.5. The van der Waals surface area contributed by atoms with Crippen LogP contribution in [0.25, 0.3) is 0 Å². The molecule has 0 radical (unpaired) electrons. The highest BCUT2D eigenvalue weighted by atomic mass is 16.2. The van der Waals surface area contributed by atoms with Gasteiger partial charge in [-0.05, 0) is 63.6 Å². The number of piperidine rings is 1. The van der Waals surface area contributed by atoms with Crippen molar-refractivity contribution in [3.8, 4) is 0 Å². The number of benzene rings is 1. The van der Waals surface area contributed by atoms with Crippen LogP contribution in [0.1, 0.15) is 37.0 Å².